The molecule has 0 aromatic heterocycles. The molecule has 2 aromatic carbocycles. The third kappa shape index (κ3) is 3.88. The van der Waals surface area contributed by atoms with Crippen molar-refractivity contribution >= 4 is 24.2 Å². The van der Waals surface area contributed by atoms with Gasteiger partial charge in [-0.15, -0.1) is 0 Å². The fraction of sp³-hybridized carbons (Fsp3) is 0.143. The minimum Gasteiger partial charge on any atom is -0.496 e. The van der Waals surface area contributed by atoms with Gasteiger partial charge in [-0.05, 0) is 23.7 Å². The summed E-state index contributed by atoms with van der Waals surface area (Å²) in [5, 5.41) is 18.4. The van der Waals surface area contributed by atoms with Gasteiger partial charge in [0.05, 0.1) is 12.1 Å². The van der Waals surface area contributed by atoms with E-state index in [0.29, 0.717) is 22.5 Å². The second-order valence-corrected chi connectivity index (χ2v) is 4.72. The Bertz CT molecular complexity index is 636. The Morgan fingerprint density at radius 1 is 1.19 bits per heavy atom. The zero-order valence-corrected chi connectivity index (χ0v) is 12.0. The molecule has 2 N–H and O–H groups in total. The molecular weight excluding hydrogens is 297 g/mol. The van der Waals surface area contributed by atoms with Crippen LogP contribution in [0.3, 0.4) is 0 Å². The second-order valence-electron chi connectivity index (χ2n) is 4.31. The Morgan fingerprint density at radius 3 is 2.57 bits per heavy atom. The summed E-state index contributed by atoms with van der Waals surface area (Å²) in [7, 11) is -0.0850. The van der Waals surface area contributed by atoms with Crippen LogP contribution in [0.15, 0.2) is 36.4 Å². The van der Waals surface area contributed by atoms with Crippen molar-refractivity contribution in [3.8, 4) is 11.5 Å². The second kappa shape index (κ2) is 6.80. The van der Waals surface area contributed by atoms with Crippen LogP contribution in [0.25, 0.3) is 0 Å². The Hall–Kier alpha value is -1.76. The van der Waals surface area contributed by atoms with Gasteiger partial charge in [0.25, 0.3) is 0 Å². The molecule has 21 heavy (non-hydrogen) atoms. The Balaban J connectivity index is 2.17. The van der Waals surface area contributed by atoms with E-state index in [-0.39, 0.29) is 11.6 Å². The summed E-state index contributed by atoms with van der Waals surface area (Å²) < 4.78 is 24.0. The molecular formula is C14H13BClFO4. The van der Waals surface area contributed by atoms with Crippen molar-refractivity contribution < 1.29 is 23.9 Å². The maximum atomic E-state index is 13.3. The molecule has 0 fully saturated rings. The van der Waals surface area contributed by atoms with Crippen LogP contribution < -0.4 is 14.9 Å². The first-order valence-corrected chi connectivity index (χ1v) is 6.50. The lowest BCUT2D eigenvalue weighted by atomic mass is 9.79. The summed E-state index contributed by atoms with van der Waals surface area (Å²) >= 11 is 5.59. The quantitative estimate of drug-likeness (QED) is 0.826. The van der Waals surface area contributed by atoms with Crippen molar-refractivity contribution in [1.82, 2.24) is 0 Å². The molecule has 0 spiro atoms. The molecule has 2 aromatic rings. The van der Waals surface area contributed by atoms with E-state index in [1.807, 2.05) is 0 Å². The Morgan fingerprint density at radius 2 is 1.95 bits per heavy atom. The van der Waals surface area contributed by atoms with Crippen LogP contribution in [0, 0.1) is 5.82 Å². The molecule has 2 rings (SSSR count). The highest BCUT2D eigenvalue weighted by Crippen LogP contribution is 2.23. The lowest BCUT2D eigenvalue weighted by Gasteiger charge is -2.12. The Kier molecular flexibility index (Phi) is 5.06. The van der Waals surface area contributed by atoms with Gasteiger partial charge in [0.2, 0.25) is 0 Å². The minimum absolute atomic E-state index is 0.0188. The van der Waals surface area contributed by atoms with Gasteiger partial charge in [0.1, 0.15) is 23.9 Å². The molecule has 0 saturated heterocycles. The number of halogens is 2. The highest BCUT2D eigenvalue weighted by molar-refractivity contribution is 6.58. The van der Waals surface area contributed by atoms with E-state index < -0.39 is 12.9 Å². The zero-order chi connectivity index (χ0) is 15.4. The van der Waals surface area contributed by atoms with E-state index >= 15 is 0 Å². The zero-order valence-electron chi connectivity index (χ0n) is 11.2. The molecule has 0 aliphatic heterocycles. The van der Waals surface area contributed by atoms with Crippen molar-refractivity contribution in [3.05, 3.63) is 52.8 Å². The molecule has 0 atom stereocenters. The minimum atomic E-state index is -1.58. The predicted octanol–water partition coefficient (Wildman–Crippen LogP) is 1.75. The molecule has 7 heteroatoms. The lowest BCUT2D eigenvalue weighted by Crippen LogP contribution is -2.30. The molecule has 110 valence electrons. The summed E-state index contributed by atoms with van der Waals surface area (Å²) in [6.45, 7) is 0.0881. The standard InChI is InChI=1S/C14H13BClFO4/c1-20-14-5-2-10(15(18)19)6-9(14)8-21-11-3-4-12(16)13(17)7-11/h2-7,18-19H,8H2,1H3. The summed E-state index contributed by atoms with van der Waals surface area (Å²) in [4.78, 5) is 0. The normalized spacial score (nSPS) is 10.3. The molecule has 0 bridgehead atoms. The average molecular weight is 311 g/mol. The van der Waals surface area contributed by atoms with Gasteiger partial charge in [-0.25, -0.2) is 4.39 Å². The first-order chi connectivity index (χ1) is 10.0. The maximum absolute atomic E-state index is 13.3. The van der Waals surface area contributed by atoms with Crippen molar-refractivity contribution in [2.45, 2.75) is 6.61 Å². The van der Waals surface area contributed by atoms with E-state index in [9.17, 15) is 14.4 Å². The molecule has 4 nitrogen and oxygen atoms in total. The Labute approximate surface area is 126 Å². The number of hydrogen-bond donors (Lipinski definition) is 2. The van der Waals surface area contributed by atoms with Crippen molar-refractivity contribution in [3.63, 3.8) is 0 Å². The fourth-order valence-corrected chi connectivity index (χ4v) is 1.92. The topological polar surface area (TPSA) is 58.9 Å². The van der Waals surface area contributed by atoms with E-state index in [4.69, 9.17) is 21.1 Å². The van der Waals surface area contributed by atoms with Gasteiger partial charge in [0.15, 0.2) is 0 Å². The van der Waals surface area contributed by atoms with Gasteiger partial charge < -0.3 is 19.5 Å². The predicted molar refractivity (Wildman–Crippen MR) is 78.6 cm³/mol. The van der Waals surface area contributed by atoms with Crippen molar-refractivity contribution in [2.24, 2.45) is 0 Å². The third-order valence-electron chi connectivity index (χ3n) is 2.89. The number of methoxy groups -OCH3 is 1. The third-order valence-corrected chi connectivity index (χ3v) is 3.19. The van der Waals surface area contributed by atoms with Crippen LogP contribution in [0.5, 0.6) is 11.5 Å². The summed E-state index contributed by atoms with van der Waals surface area (Å²) in [5.74, 6) is 0.281. The van der Waals surface area contributed by atoms with Crippen LogP contribution >= 0.6 is 11.6 Å². The van der Waals surface area contributed by atoms with Crippen LogP contribution in [0.2, 0.25) is 5.02 Å². The number of rotatable bonds is 5. The van der Waals surface area contributed by atoms with Crippen molar-refractivity contribution in [2.75, 3.05) is 7.11 Å². The van der Waals surface area contributed by atoms with E-state index in [0.717, 1.165) is 0 Å². The first kappa shape index (κ1) is 15.6. The van der Waals surface area contributed by atoms with Gasteiger partial charge in [-0.3, -0.25) is 0 Å². The van der Waals surface area contributed by atoms with Crippen LogP contribution in [-0.4, -0.2) is 24.3 Å². The van der Waals surface area contributed by atoms with Gasteiger partial charge >= 0.3 is 7.12 Å². The molecule has 0 aliphatic carbocycles. The molecule has 0 saturated carbocycles. The smallest absolute Gasteiger partial charge is 0.488 e. The lowest BCUT2D eigenvalue weighted by molar-refractivity contribution is 0.295. The molecule has 0 amide bonds. The highest BCUT2D eigenvalue weighted by atomic mass is 35.5. The maximum Gasteiger partial charge on any atom is 0.488 e. The van der Waals surface area contributed by atoms with Crippen molar-refractivity contribution in [1.29, 1.82) is 0 Å². The van der Waals surface area contributed by atoms with Crippen LogP contribution in [-0.2, 0) is 6.61 Å². The van der Waals surface area contributed by atoms with E-state index in [1.165, 1.54) is 25.3 Å². The fourth-order valence-electron chi connectivity index (χ4n) is 1.80. The number of benzene rings is 2. The largest absolute Gasteiger partial charge is 0.496 e. The molecule has 0 aliphatic rings. The number of ether oxygens (including phenoxy) is 2. The SMILES string of the molecule is COc1ccc(B(O)O)cc1COc1ccc(Cl)c(F)c1. The first-order valence-electron chi connectivity index (χ1n) is 6.12. The van der Waals surface area contributed by atoms with Gasteiger partial charge in [-0.1, -0.05) is 23.7 Å². The number of hydrogen-bond acceptors (Lipinski definition) is 4. The monoisotopic (exact) mass is 310 g/mol. The summed E-state index contributed by atoms with van der Waals surface area (Å²) in [6, 6.07) is 8.82. The molecule has 0 unspecified atom stereocenters. The van der Waals surface area contributed by atoms with Crippen LogP contribution in [0.4, 0.5) is 4.39 Å². The molecule has 0 radical (unpaired) electrons. The van der Waals surface area contributed by atoms with E-state index in [2.05, 4.69) is 0 Å². The van der Waals surface area contributed by atoms with Crippen LogP contribution in [0.1, 0.15) is 5.56 Å². The molecule has 0 heterocycles. The van der Waals surface area contributed by atoms with Gasteiger partial charge in [0, 0.05) is 11.6 Å². The van der Waals surface area contributed by atoms with E-state index in [1.54, 1.807) is 18.2 Å². The summed E-state index contributed by atoms with van der Waals surface area (Å²) in [6.07, 6.45) is 0. The summed E-state index contributed by atoms with van der Waals surface area (Å²) in [5.41, 5.74) is 0.926. The highest BCUT2D eigenvalue weighted by Gasteiger charge is 2.14. The van der Waals surface area contributed by atoms with Gasteiger partial charge in [-0.2, -0.15) is 0 Å². The average Bonchev–Trinajstić information content (AvgIpc) is 2.48.